The zero-order valence-corrected chi connectivity index (χ0v) is 11.7. The van der Waals surface area contributed by atoms with E-state index in [4.69, 9.17) is 9.84 Å². The van der Waals surface area contributed by atoms with Crippen LogP contribution in [0.5, 0.6) is 0 Å². The third-order valence-electron chi connectivity index (χ3n) is 3.54. The summed E-state index contributed by atoms with van der Waals surface area (Å²) in [7, 11) is 0. The number of nitrogens with one attached hydrogen (secondary N) is 1. The van der Waals surface area contributed by atoms with Gasteiger partial charge in [-0.15, -0.1) is 0 Å². The number of benzene rings is 1. The first-order valence-electron chi connectivity index (χ1n) is 6.62. The number of ether oxygens (including phenoxy) is 1. The van der Waals surface area contributed by atoms with Crippen molar-refractivity contribution >= 4 is 11.7 Å². The molecule has 1 aliphatic rings. The minimum Gasteiger partial charge on any atom is -0.478 e. The van der Waals surface area contributed by atoms with Gasteiger partial charge < -0.3 is 15.2 Å². The van der Waals surface area contributed by atoms with Crippen molar-refractivity contribution in [3.8, 4) is 0 Å². The summed E-state index contributed by atoms with van der Waals surface area (Å²) in [6.07, 6.45) is 1.86. The maximum absolute atomic E-state index is 11.0. The lowest BCUT2D eigenvalue weighted by Crippen LogP contribution is -2.40. The van der Waals surface area contributed by atoms with E-state index in [2.05, 4.69) is 19.2 Å². The van der Waals surface area contributed by atoms with Gasteiger partial charge in [0.05, 0.1) is 11.2 Å². The van der Waals surface area contributed by atoms with E-state index < -0.39 is 5.97 Å². The molecule has 0 saturated carbocycles. The number of hydrogen-bond acceptors (Lipinski definition) is 3. The fourth-order valence-corrected chi connectivity index (χ4v) is 2.49. The largest absolute Gasteiger partial charge is 0.478 e. The van der Waals surface area contributed by atoms with E-state index >= 15 is 0 Å². The number of aryl methyl sites for hydroxylation is 1. The molecule has 0 aliphatic carbocycles. The van der Waals surface area contributed by atoms with Crippen molar-refractivity contribution in [2.24, 2.45) is 0 Å². The van der Waals surface area contributed by atoms with Gasteiger partial charge in [-0.2, -0.15) is 0 Å². The first-order chi connectivity index (χ1) is 8.87. The number of anilines is 1. The van der Waals surface area contributed by atoms with Crippen molar-refractivity contribution in [1.29, 1.82) is 0 Å². The Morgan fingerprint density at radius 2 is 2.21 bits per heavy atom. The predicted molar refractivity (Wildman–Crippen MR) is 74.8 cm³/mol. The average molecular weight is 263 g/mol. The van der Waals surface area contributed by atoms with Gasteiger partial charge >= 0.3 is 5.97 Å². The molecular formula is C15H21NO3. The number of hydrogen-bond donors (Lipinski definition) is 2. The first kappa shape index (κ1) is 13.9. The topological polar surface area (TPSA) is 58.6 Å². The first-order valence-corrected chi connectivity index (χ1v) is 6.62. The normalized spacial score (nSPS) is 21.9. The molecule has 2 rings (SSSR count). The minimum atomic E-state index is -0.893. The number of rotatable bonds is 3. The molecule has 1 heterocycles. The highest BCUT2D eigenvalue weighted by Gasteiger charge is 2.28. The zero-order chi connectivity index (χ0) is 14.0. The van der Waals surface area contributed by atoms with Crippen LogP contribution in [0.15, 0.2) is 18.2 Å². The Labute approximate surface area is 113 Å². The average Bonchev–Trinajstić information content (AvgIpc) is 2.30. The quantitative estimate of drug-likeness (QED) is 0.880. The van der Waals surface area contributed by atoms with Gasteiger partial charge in [-0.05, 0) is 51.3 Å². The highest BCUT2D eigenvalue weighted by Crippen LogP contribution is 2.27. The lowest BCUT2D eigenvalue weighted by atomic mass is 9.93. The Kier molecular flexibility index (Phi) is 3.80. The van der Waals surface area contributed by atoms with Gasteiger partial charge in [-0.25, -0.2) is 4.79 Å². The van der Waals surface area contributed by atoms with Crippen molar-refractivity contribution in [3.05, 3.63) is 29.3 Å². The Bertz CT molecular complexity index is 482. The zero-order valence-electron chi connectivity index (χ0n) is 11.7. The molecule has 0 aromatic heterocycles. The fourth-order valence-electron chi connectivity index (χ4n) is 2.49. The summed E-state index contributed by atoms with van der Waals surface area (Å²) < 4.78 is 5.69. The van der Waals surface area contributed by atoms with Crippen LogP contribution in [-0.4, -0.2) is 29.3 Å². The summed E-state index contributed by atoms with van der Waals surface area (Å²) in [6.45, 7) is 6.89. The minimum absolute atomic E-state index is 0.117. The molecule has 1 aromatic rings. The van der Waals surface area contributed by atoms with Crippen molar-refractivity contribution in [2.75, 3.05) is 11.9 Å². The molecule has 0 amide bonds. The Hall–Kier alpha value is -1.55. The van der Waals surface area contributed by atoms with Crippen LogP contribution in [0.4, 0.5) is 5.69 Å². The van der Waals surface area contributed by atoms with E-state index in [1.54, 1.807) is 12.1 Å². The van der Waals surface area contributed by atoms with Gasteiger partial charge in [0.1, 0.15) is 0 Å². The van der Waals surface area contributed by atoms with Gasteiger partial charge in [-0.3, -0.25) is 0 Å². The number of carbonyl (C=O) groups is 1. The second-order valence-electron chi connectivity index (χ2n) is 5.78. The van der Waals surface area contributed by atoms with E-state index in [1.807, 2.05) is 13.0 Å². The Balaban J connectivity index is 2.14. The summed E-state index contributed by atoms with van der Waals surface area (Å²) >= 11 is 0. The molecular weight excluding hydrogens is 242 g/mol. The standard InChI is InChI=1S/C15H21NO3/c1-10-4-5-11(14(17)18)8-13(10)16-12-6-7-19-15(2,3)9-12/h4-5,8,12,16H,6-7,9H2,1-3H3,(H,17,18). The van der Waals surface area contributed by atoms with Crippen molar-refractivity contribution in [3.63, 3.8) is 0 Å². The molecule has 0 bridgehead atoms. The van der Waals surface area contributed by atoms with Gasteiger partial charge in [0.2, 0.25) is 0 Å². The van der Waals surface area contributed by atoms with Crippen molar-refractivity contribution < 1.29 is 14.6 Å². The summed E-state index contributed by atoms with van der Waals surface area (Å²) in [5.74, 6) is -0.893. The molecule has 0 spiro atoms. The number of carboxylic acid groups (broad SMARTS) is 1. The molecule has 1 atom stereocenters. The van der Waals surface area contributed by atoms with E-state index in [-0.39, 0.29) is 5.60 Å². The third kappa shape index (κ3) is 3.47. The summed E-state index contributed by atoms with van der Waals surface area (Å²) in [4.78, 5) is 11.0. The second kappa shape index (κ2) is 5.21. The van der Waals surface area contributed by atoms with Crippen molar-refractivity contribution in [1.82, 2.24) is 0 Å². The molecule has 1 aliphatic heterocycles. The van der Waals surface area contributed by atoms with Crippen LogP contribution in [0.25, 0.3) is 0 Å². The fraction of sp³-hybridized carbons (Fsp3) is 0.533. The number of aromatic carboxylic acids is 1. The molecule has 1 unspecified atom stereocenters. The van der Waals surface area contributed by atoms with Crippen LogP contribution in [0, 0.1) is 6.92 Å². The van der Waals surface area contributed by atoms with E-state index in [0.717, 1.165) is 30.7 Å². The molecule has 4 nitrogen and oxygen atoms in total. The van der Waals surface area contributed by atoms with Gasteiger partial charge in [-0.1, -0.05) is 6.07 Å². The molecule has 1 saturated heterocycles. The predicted octanol–water partition coefficient (Wildman–Crippen LogP) is 3.06. The van der Waals surface area contributed by atoms with Crippen LogP contribution < -0.4 is 5.32 Å². The maximum atomic E-state index is 11.0. The maximum Gasteiger partial charge on any atom is 0.335 e. The third-order valence-corrected chi connectivity index (χ3v) is 3.54. The lowest BCUT2D eigenvalue weighted by Gasteiger charge is -2.36. The summed E-state index contributed by atoms with van der Waals surface area (Å²) in [6, 6.07) is 5.51. The van der Waals surface area contributed by atoms with Crippen LogP contribution >= 0.6 is 0 Å². The molecule has 1 aromatic carbocycles. The summed E-state index contributed by atoms with van der Waals surface area (Å²) in [5.41, 5.74) is 2.17. The SMILES string of the molecule is Cc1ccc(C(=O)O)cc1NC1CCOC(C)(C)C1. The molecule has 1 fully saturated rings. The molecule has 0 radical (unpaired) electrons. The Morgan fingerprint density at radius 3 is 2.84 bits per heavy atom. The highest BCUT2D eigenvalue weighted by molar-refractivity contribution is 5.89. The van der Waals surface area contributed by atoms with E-state index in [0.29, 0.717) is 11.6 Å². The van der Waals surface area contributed by atoms with Crippen LogP contribution in [-0.2, 0) is 4.74 Å². The second-order valence-corrected chi connectivity index (χ2v) is 5.78. The lowest BCUT2D eigenvalue weighted by molar-refractivity contribution is -0.0553. The Morgan fingerprint density at radius 1 is 1.47 bits per heavy atom. The van der Waals surface area contributed by atoms with E-state index in [1.165, 1.54) is 0 Å². The molecule has 19 heavy (non-hydrogen) atoms. The molecule has 104 valence electrons. The van der Waals surface area contributed by atoms with E-state index in [9.17, 15) is 4.79 Å². The summed E-state index contributed by atoms with van der Waals surface area (Å²) in [5, 5.41) is 12.5. The van der Waals surface area contributed by atoms with Gasteiger partial charge in [0.15, 0.2) is 0 Å². The van der Waals surface area contributed by atoms with Gasteiger partial charge in [0.25, 0.3) is 0 Å². The van der Waals surface area contributed by atoms with Crippen LogP contribution in [0.1, 0.15) is 42.6 Å². The van der Waals surface area contributed by atoms with Gasteiger partial charge in [0, 0.05) is 18.3 Å². The number of carboxylic acids is 1. The highest BCUT2D eigenvalue weighted by atomic mass is 16.5. The smallest absolute Gasteiger partial charge is 0.335 e. The molecule has 4 heteroatoms. The monoisotopic (exact) mass is 263 g/mol. The molecule has 2 N–H and O–H groups in total. The van der Waals surface area contributed by atoms with Crippen LogP contribution in [0.2, 0.25) is 0 Å². The van der Waals surface area contributed by atoms with Crippen LogP contribution in [0.3, 0.4) is 0 Å². The van der Waals surface area contributed by atoms with Crippen molar-refractivity contribution in [2.45, 2.75) is 45.3 Å².